The van der Waals surface area contributed by atoms with E-state index in [0.29, 0.717) is 17.6 Å². The number of hydrogen-bond donors (Lipinski definition) is 2. The number of carbonyl (C=O) groups excluding carboxylic acids is 1. The minimum absolute atomic E-state index is 0.168. The van der Waals surface area contributed by atoms with Gasteiger partial charge in [0.15, 0.2) is 0 Å². The van der Waals surface area contributed by atoms with Crippen LogP contribution in [0.15, 0.2) is 30.3 Å². The summed E-state index contributed by atoms with van der Waals surface area (Å²) in [5.74, 6) is 1.60. The van der Waals surface area contributed by atoms with Gasteiger partial charge in [-0.15, -0.1) is 0 Å². The average molecular weight is 364 g/mol. The molecule has 5 heteroatoms. The topological polar surface area (TPSA) is 66.9 Å². The number of benzene rings is 1. The fourth-order valence-corrected chi connectivity index (χ4v) is 3.73. The molecule has 2 aliphatic rings. The maximum Gasteiger partial charge on any atom is 0.274 e. The molecule has 142 valence electrons. The highest BCUT2D eigenvalue weighted by atomic mass is 16.1. The van der Waals surface area contributed by atoms with E-state index in [1.54, 1.807) is 0 Å². The largest absolute Gasteiger partial charge is 0.354 e. The number of anilines is 2. The van der Waals surface area contributed by atoms with Crippen molar-refractivity contribution in [1.29, 1.82) is 0 Å². The Morgan fingerprint density at radius 3 is 2.59 bits per heavy atom. The van der Waals surface area contributed by atoms with E-state index >= 15 is 0 Å². The minimum atomic E-state index is -0.168. The number of aryl methyl sites for hydroxylation is 1. The molecular weight excluding hydrogens is 336 g/mol. The second kappa shape index (κ2) is 8.07. The highest BCUT2D eigenvalue weighted by molar-refractivity contribution is 6.03. The average Bonchev–Trinajstić information content (AvgIpc) is 3.53. The lowest BCUT2D eigenvalue weighted by Gasteiger charge is -2.22. The molecule has 0 bridgehead atoms. The number of carbonyl (C=O) groups is 1. The predicted molar refractivity (Wildman–Crippen MR) is 108 cm³/mol. The molecule has 1 heterocycles. The Kier molecular flexibility index (Phi) is 5.37. The van der Waals surface area contributed by atoms with Crippen molar-refractivity contribution in [2.75, 3.05) is 17.2 Å². The third-order valence-corrected chi connectivity index (χ3v) is 5.64. The maximum absolute atomic E-state index is 12.9. The van der Waals surface area contributed by atoms with E-state index < -0.39 is 0 Å². The molecule has 0 spiro atoms. The number of hydrogen-bond acceptors (Lipinski definition) is 4. The first kappa shape index (κ1) is 18.0. The summed E-state index contributed by atoms with van der Waals surface area (Å²) >= 11 is 0. The van der Waals surface area contributed by atoms with E-state index in [2.05, 4.69) is 15.6 Å². The Balaban J connectivity index is 1.57. The van der Waals surface area contributed by atoms with E-state index in [0.717, 1.165) is 42.2 Å². The van der Waals surface area contributed by atoms with Crippen molar-refractivity contribution < 1.29 is 4.79 Å². The molecule has 1 aromatic carbocycles. The lowest BCUT2D eigenvalue weighted by atomic mass is 9.86. The zero-order valence-electron chi connectivity index (χ0n) is 16.0. The number of para-hydroxylation sites is 1. The molecule has 2 saturated carbocycles. The Labute approximate surface area is 161 Å². The van der Waals surface area contributed by atoms with E-state index in [-0.39, 0.29) is 5.91 Å². The monoisotopic (exact) mass is 364 g/mol. The standard InChI is InChI=1S/C22H28N4O/c1-15-7-5-6-10-18(15)24-21(27)20-13-19(17-8-3-2-4-9-17)25-22(26-20)23-14-16-11-12-16/h5-7,10,13,16-17H,2-4,8-9,11-12,14H2,1H3,(H,24,27)(H,23,25,26). The van der Waals surface area contributed by atoms with Crippen molar-refractivity contribution in [1.82, 2.24) is 9.97 Å². The van der Waals surface area contributed by atoms with Gasteiger partial charge >= 0.3 is 0 Å². The normalized spacial score (nSPS) is 17.5. The molecule has 4 rings (SSSR count). The van der Waals surface area contributed by atoms with Gasteiger partial charge in [0.2, 0.25) is 5.95 Å². The summed E-state index contributed by atoms with van der Waals surface area (Å²) in [6, 6.07) is 9.70. The smallest absolute Gasteiger partial charge is 0.274 e. The van der Waals surface area contributed by atoms with Gasteiger partial charge in [0, 0.05) is 23.8 Å². The van der Waals surface area contributed by atoms with Crippen LogP contribution in [0.5, 0.6) is 0 Å². The lowest BCUT2D eigenvalue weighted by molar-refractivity contribution is 0.102. The molecular formula is C22H28N4O. The number of rotatable bonds is 6. The molecule has 2 aromatic rings. The molecule has 0 aliphatic heterocycles. The number of aromatic nitrogens is 2. The minimum Gasteiger partial charge on any atom is -0.354 e. The second-order valence-electron chi connectivity index (χ2n) is 7.93. The molecule has 0 atom stereocenters. The lowest BCUT2D eigenvalue weighted by Crippen LogP contribution is -2.19. The number of nitrogens with one attached hydrogen (secondary N) is 2. The Morgan fingerprint density at radius 2 is 1.85 bits per heavy atom. The van der Waals surface area contributed by atoms with Crippen LogP contribution in [-0.2, 0) is 0 Å². The first-order chi connectivity index (χ1) is 13.2. The third kappa shape index (κ3) is 4.65. The van der Waals surface area contributed by atoms with Gasteiger partial charge in [-0.05, 0) is 56.2 Å². The molecule has 0 saturated heterocycles. The number of nitrogens with zero attached hydrogens (tertiary/aromatic N) is 2. The van der Waals surface area contributed by atoms with Crippen molar-refractivity contribution in [2.45, 2.75) is 57.8 Å². The zero-order valence-corrected chi connectivity index (χ0v) is 16.0. The Morgan fingerprint density at radius 1 is 1.07 bits per heavy atom. The second-order valence-corrected chi connectivity index (χ2v) is 7.93. The molecule has 2 aliphatic carbocycles. The summed E-state index contributed by atoms with van der Waals surface area (Å²) in [6.45, 7) is 2.89. The SMILES string of the molecule is Cc1ccccc1NC(=O)c1cc(C2CCCCC2)nc(NCC2CC2)n1. The summed E-state index contributed by atoms with van der Waals surface area (Å²) in [6.07, 6.45) is 8.63. The molecule has 1 aromatic heterocycles. The fourth-order valence-electron chi connectivity index (χ4n) is 3.73. The van der Waals surface area contributed by atoms with Crippen molar-refractivity contribution in [3.8, 4) is 0 Å². The van der Waals surface area contributed by atoms with E-state index in [1.165, 1.54) is 32.1 Å². The highest BCUT2D eigenvalue weighted by Crippen LogP contribution is 2.33. The molecule has 2 N–H and O–H groups in total. The maximum atomic E-state index is 12.9. The predicted octanol–water partition coefficient (Wildman–Crippen LogP) is 4.91. The van der Waals surface area contributed by atoms with E-state index in [1.807, 2.05) is 37.3 Å². The van der Waals surface area contributed by atoms with Gasteiger partial charge in [-0.25, -0.2) is 9.97 Å². The molecule has 0 unspecified atom stereocenters. The molecule has 2 fully saturated rings. The van der Waals surface area contributed by atoms with Gasteiger partial charge in [-0.1, -0.05) is 37.5 Å². The van der Waals surface area contributed by atoms with Crippen LogP contribution in [-0.4, -0.2) is 22.4 Å². The van der Waals surface area contributed by atoms with Crippen molar-refractivity contribution in [3.05, 3.63) is 47.3 Å². The molecule has 5 nitrogen and oxygen atoms in total. The van der Waals surface area contributed by atoms with Gasteiger partial charge in [0.25, 0.3) is 5.91 Å². The summed E-state index contributed by atoms with van der Waals surface area (Å²) in [5, 5.41) is 6.36. The summed E-state index contributed by atoms with van der Waals surface area (Å²) in [4.78, 5) is 22.2. The van der Waals surface area contributed by atoms with Crippen molar-refractivity contribution in [3.63, 3.8) is 0 Å². The first-order valence-corrected chi connectivity index (χ1v) is 10.2. The Hall–Kier alpha value is -2.43. The van der Waals surface area contributed by atoms with E-state index in [4.69, 9.17) is 4.98 Å². The van der Waals surface area contributed by atoms with Crippen LogP contribution in [0.2, 0.25) is 0 Å². The van der Waals surface area contributed by atoms with Crippen LogP contribution in [0.4, 0.5) is 11.6 Å². The van der Waals surface area contributed by atoms with Crippen LogP contribution >= 0.6 is 0 Å². The zero-order chi connectivity index (χ0) is 18.6. The fraction of sp³-hybridized carbons (Fsp3) is 0.500. The van der Waals surface area contributed by atoms with Gasteiger partial charge in [-0.2, -0.15) is 0 Å². The number of amides is 1. The quantitative estimate of drug-likeness (QED) is 0.764. The van der Waals surface area contributed by atoms with Gasteiger partial charge in [0.1, 0.15) is 5.69 Å². The van der Waals surface area contributed by atoms with Crippen LogP contribution < -0.4 is 10.6 Å². The van der Waals surface area contributed by atoms with Gasteiger partial charge in [0.05, 0.1) is 0 Å². The highest BCUT2D eigenvalue weighted by Gasteiger charge is 2.23. The molecule has 1 amide bonds. The summed E-state index contributed by atoms with van der Waals surface area (Å²) < 4.78 is 0. The van der Waals surface area contributed by atoms with Gasteiger partial charge in [-0.3, -0.25) is 4.79 Å². The van der Waals surface area contributed by atoms with Crippen LogP contribution in [0, 0.1) is 12.8 Å². The Bertz CT molecular complexity index is 810. The van der Waals surface area contributed by atoms with Crippen LogP contribution in [0.25, 0.3) is 0 Å². The van der Waals surface area contributed by atoms with Crippen LogP contribution in [0.3, 0.4) is 0 Å². The summed E-state index contributed by atoms with van der Waals surface area (Å²) in [7, 11) is 0. The molecule has 0 radical (unpaired) electrons. The molecule has 27 heavy (non-hydrogen) atoms. The first-order valence-electron chi connectivity index (χ1n) is 10.2. The van der Waals surface area contributed by atoms with E-state index in [9.17, 15) is 4.79 Å². The van der Waals surface area contributed by atoms with Crippen molar-refractivity contribution >= 4 is 17.5 Å². The van der Waals surface area contributed by atoms with Crippen molar-refractivity contribution in [2.24, 2.45) is 5.92 Å². The third-order valence-electron chi connectivity index (χ3n) is 5.64. The van der Waals surface area contributed by atoms with Crippen LogP contribution in [0.1, 0.15) is 72.6 Å². The summed E-state index contributed by atoms with van der Waals surface area (Å²) in [5.41, 5.74) is 3.33. The van der Waals surface area contributed by atoms with Gasteiger partial charge < -0.3 is 10.6 Å².